The lowest BCUT2D eigenvalue weighted by Gasteiger charge is -2.30. The Bertz CT molecular complexity index is 1200. The van der Waals surface area contributed by atoms with Crippen molar-refractivity contribution in [1.82, 2.24) is 0 Å². The zero-order valence-electron chi connectivity index (χ0n) is 18.6. The number of anilines is 2. The van der Waals surface area contributed by atoms with E-state index in [0.29, 0.717) is 13.0 Å². The van der Waals surface area contributed by atoms with Crippen LogP contribution in [0.3, 0.4) is 0 Å². The van der Waals surface area contributed by atoms with Gasteiger partial charge in [-0.3, -0.25) is 4.79 Å². The second kappa shape index (κ2) is 9.44. The van der Waals surface area contributed by atoms with E-state index in [1.807, 2.05) is 42.5 Å². The topological polar surface area (TPSA) is 50.4 Å². The van der Waals surface area contributed by atoms with Gasteiger partial charge in [-0.15, -0.1) is 0 Å². The zero-order valence-corrected chi connectivity index (χ0v) is 20.2. The maximum Gasteiger partial charge on any atom is 0.163 e. The molecule has 5 heteroatoms. The molecule has 3 aromatic carbocycles. The molecule has 0 saturated heterocycles. The van der Waals surface area contributed by atoms with Crippen LogP contribution in [-0.4, -0.2) is 12.4 Å². The molecule has 2 unspecified atom stereocenters. The third-order valence-electron chi connectivity index (χ3n) is 6.35. The fraction of sp³-hybridized carbons (Fsp3) is 0.250. The molecule has 0 spiro atoms. The van der Waals surface area contributed by atoms with Gasteiger partial charge in [0.15, 0.2) is 5.78 Å². The van der Waals surface area contributed by atoms with Crippen molar-refractivity contribution in [2.45, 2.75) is 38.1 Å². The van der Waals surface area contributed by atoms with Gasteiger partial charge in [-0.2, -0.15) is 0 Å². The number of rotatable bonds is 5. The molecule has 0 aromatic heterocycles. The number of Topliss-reactive ketones (excluding diaryl/α,β-unsaturated/α-hetero) is 1. The maximum atomic E-state index is 13.6. The predicted molar refractivity (Wildman–Crippen MR) is 137 cm³/mol. The average molecular weight is 503 g/mol. The summed E-state index contributed by atoms with van der Waals surface area (Å²) in [6.45, 7) is 2.81. The van der Waals surface area contributed by atoms with Gasteiger partial charge < -0.3 is 15.4 Å². The molecule has 0 bridgehead atoms. The quantitative estimate of drug-likeness (QED) is 0.386. The third-order valence-corrected chi connectivity index (χ3v) is 7.07. The molecule has 3 aromatic rings. The highest BCUT2D eigenvalue weighted by atomic mass is 79.9. The minimum Gasteiger partial charge on any atom is -0.494 e. The summed E-state index contributed by atoms with van der Waals surface area (Å²) in [5, 5.41) is 7.25. The predicted octanol–water partition coefficient (Wildman–Crippen LogP) is 7.22. The van der Waals surface area contributed by atoms with Crippen molar-refractivity contribution < 1.29 is 9.53 Å². The number of halogens is 1. The van der Waals surface area contributed by atoms with E-state index in [4.69, 9.17) is 4.74 Å². The fourth-order valence-electron chi connectivity index (χ4n) is 4.73. The van der Waals surface area contributed by atoms with Crippen molar-refractivity contribution in [3.05, 3.63) is 99.7 Å². The van der Waals surface area contributed by atoms with Crippen LogP contribution in [0.5, 0.6) is 5.75 Å². The molecule has 4 nitrogen and oxygen atoms in total. The van der Waals surface area contributed by atoms with Crippen LogP contribution in [-0.2, 0) is 4.79 Å². The van der Waals surface area contributed by atoms with Gasteiger partial charge >= 0.3 is 0 Å². The van der Waals surface area contributed by atoms with Crippen LogP contribution in [0.15, 0.2) is 88.5 Å². The summed E-state index contributed by atoms with van der Waals surface area (Å²) >= 11 is 3.70. The number of ether oxygens (including phenoxy) is 1. The lowest BCUT2D eigenvalue weighted by Crippen LogP contribution is -2.27. The molecule has 33 heavy (non-hydrogen) atoms. The highest BCUT2D eigenvalue weighted by molar-refractivity contribution is 9.10. The summed E-state index contributed by atoms with van der Waals surface area (Å²) in [5.74, 6) is 1.19. The molecule has 0 amide bonds. The maximum absolute atomic E-state index is 13.6. The fourth-order valence-corrected chi connectivity index (χ4v) is 5.24. The number of nitrogens with one attached hydrogen (secondary N) is 2. The summed E-state index contributed by atoms with van der Waals surface area (Å²) in [6.07, 6.45) is 2.26. The van der Waals surface area contributed by atoms with E-state index in [0.717, 1.165) is 51.3 Å². The summed E-state index contributed by atoms with van der Waals surface area (Å²) in [6, 6.07) is 24.3. The van der Waals surface area contributed by atoms with E-state index in [9.17, 15) is 4.79 Å². The first-order valence-electron chi connectivity index (χ1n) is 11.5. The third kappa shape index (κ3) is 4.42. The highest BCUT2D eigenvalue weighted by Gasteiger charge is 2.36. The number of para-hydroxylation sites is 2. The van der Waals surface area contributed by atoms with E-state index in [2.05, 4.69) is 63.8 Å². The first kappa shape index (κ1) is 21.8. The minimum absolute atomic E-state index is 0.133. The lowest BCUT2D eigenvalue weighted by molar-refractivity contribution is -0.116. The van der Waals surface area contributed by atoms with Crippen LogP contribution >= 0.6 is 15.9 Å². The Morgan fingerprint density at radius 3 is 2.42 bits per heavy atom. The highest BCUT2D eigenvalue weighted by Crippen LogP contribution is 2.45. The smallest absolute Gasteiger partial charge is 0.163 e. The second-order valence-corrected chi connectivity index (χ2v) is 9.46. The summed E-state index contributed by atoms with van der Waals surface area (Å²) in [4.78, 5) is 13.6. The van der Waals surface area contributed by atoms with Crippen molar-refractivity contribution >= 4 is 33.1 Å². The van der Waals surface area contributed by atoms with Gasteiger partial charge in [0.2, 0.25) is 0 Å². The molecule has 1 aliphatic heterocycles. The van der Waals surface area contributed by atoms with Gasteiger partial charge in [0, 0.05) is 22.2 Å². The summed E-state index contributed by atoms with van der Waals surface area (Å²) in [7, 11) is 0. The van der Waals surface area contributed by atoms with E-state index in [1.54, 1.807) is 0 Å². The number of carbonyl (C=O) groups excluding carboxylic acids is 1. The number of carbonyl (C=O) groups is 1. The van der Waals surface area contributed by atoms with Gasteiger partial charge in [0.25, 0.3) is 0 Å². The summed E-state index contributed by atoms with van der Waals surface area (Å²) < 4.78 is 6.72. The summed E-state index contributed by atoms with van der Waals surface area (Å²) in [5.41, 5.74) is 6.06. The zero-order chi connectivity index (χ0) is 22.8. The molecule has 168 valence electrons. The van der Waals surface area contributed by atoms with Crippen LogP contribution < -0.4 is 15.4 Å². The Morgan fingerprint density at radius 2 is 1.67 bits per heavy atom. The van der Waals surface area contributed by atoms with E-state index in [1.165, 1.54) is 5.56 Å². The standard InChI is InChI=1S/C28H27BrN2O2/c1-2-15-33-20-13-11-18(12-14-20)19-16-25-27(26(32)17-19)28(21-7-3-4-8-22(21)29)31-24-10-6-5-9-23(24)30-25/h3-14,19,28,30-31H,2,15-17H2,1H3. The average Bonchev–Trinajstić information content (AvgIpc) is 3.00. The first-order chi connectivity index (χ1) is 16.1. The van der Waals surface area contributed by atoms with E-state index >= 15 is 0 Å². The number of hydrogen-bond acceptors (Lipinski definition) is 4. The first-order valence-corrected chi connectivity index (χ1v) is 12.3. The molecule has 2 atom stereocenters. The van der Waals surface area contributed by atoms with E-state index < -0.39 is 0 Å². The van der Waals surface area contributed by atoms with Gasteiger partial charge in [0.1, 0.15) is 5.75 Å². The molecule has 1 aliphatic carbocycles. The van der Waals surface area contributed by atoms with Gasteiger partial charge in [0.05, 0.1) is 24.0 Å². The molecular weight excluding hydrogens is 476 g/mol. The Hall–Kier alpha value is -3.05. The van der Waals surface area contributed by atoms with Crippen molar-refractivity contribution in [3.8, 4) is 5.75 Å². The van der Waals surface area contributed by atoms with Crippen LogP contribution in [0, 0.1) is 0 Å². The molecule has 2 aliphatic rings. The number of allylic oxidation sites excluding steroid dienone is 1. The number of benzene rings is 3. The van der Waals surface area contributed by atoms with Crippen LogP contribution in [0.25, 0.3) is 0 Å². The Morgan fingerprint density at radius 1 is 0.939 bits per heavy atom. The Balaban J connectivity index is 1.52. The van der Waals surface area contributed by atoms with Crippen molar-refractivity contribution in [3.63, 3.8) is 0 Å². The monoisotopic (exact) mass is 502 g/mol. The molecule has 1 heterocycles. The Labute approximate surface area is 203 Å². The van der Waals surface area contributed by atoms with Crippen LogP contribution in [0.1, 0.15) is 49.3 Å². The van der Waals surface area contributed by atoms with Crippen molar-refractivity contribution in [2.75, 3.05) is 17.2 Å². The molecule has 0 fully saturated rings. The van der Waals surface area contributed by atoms with Crippen molar-refractivity contribution in [1.29, 1.82) is 0 Å². The molecule has 0 saturated carbocycles. The number of fused-ring (bicyclic) bond motifs is 1. The van der Waals surface area contributed by atoms with Gasteiger partial charge in [-0.05, 0) is 60.2 Å². The Kier molecular flexibility index (Phi) is 6.23. The van der Waals surface area contributed by atoms with E-state index in [-0.39, 0.29) is 17.7 Å². The van der Waals surface area contributed by atoms with Gasteiger partial charge in [-0.1, -0.05) is 65.3 Å². The number of hydrogen-bond donors (Lipinski definition) is 2. The minimum atomic E-state index is -0.218. The largest absolute Gasteiger partial charge is 0.494 e. The molecule has 5 rings (SSSR count). The molecule has 2 N–H and O–H groups in total. The molecule has 0 radical (unpaired) electrons. The normalized spacial score (nSPS) is 19.6. The molecular formula is C28H27BrN2O2. The lowest BCUT2D eigenvalue weighted by atomic mass is 9.78. The second-order valence-electron chi connectivity index (χ2n) is 8.61. The van der Waals surface area contributed by atoms with Crippen LogP contribution in [0.4, 0.5) is 11.4 Å². The van der Waals surface area contributed by atoms with Crippen LogP contribution in [0.2, 0.25) is 0 Å². The van der Waals surface area contributed by atoms with Gasteiger partial charge in [-0.25, -0.2) is 0 Å². The number of ketones is 1. The SMILES string of the molecule is CCCOc1ccc(C2CC(=O)C3=C(C2)Nc2ccccc2NC3c2ccccc2Br)cc1. The van der Waals surface area contributed by atoms with Crippen molar-refractivity contribution in [2.24, 2.45) is 0 Å².